The first-order valence-corrected chi connectivity index (χ1v) is 27.3. The van der Waals surface area contributed by atoms with Crippen LogP contribution in [0.25, 0.3) is 55.3 Å². The van der Waals surface area contributed by atoms with E-state index in [0.717, 1.165) is 79.8 Å². The van der Waals surface area contributed by atoms with E-state index in [4.69, 9.17) is 13.9 Å². The zero-order chi connectivity index (χ0) is 51.9. The van der Waals surface area contributed by atoms with Crippen LogP contribution in [0.2, 0.25) is 0 Å². The first-order chi connectivity index (χ1) is 36.5. The quantitative estimate of drug-likeness (QED) is 0.165. The minimum Gasteiger partial charge on any atom is -0.455 e. The summed E-state index contributed by atoms with van der Waals surface area (Å²) in [5, 5.41) is 2.20. The van der Waals surface area contributed by atoms with Crippen molar-refractivity contribution in [1.82, 2.24) is 0 Å². The van der Waals surface area contributed by atoms with Gasteiger partial charge in [0.1, 0.15) is 11.2 Å². The van der Waals surface area contributed by atoms with Crippen LogP contribution in [0.4, 0.5) is 28.4 Å². The number of rotatable bonds is 3. The Morgan fingerprint density at radius 1 is 0.487 bits per heavy atom. The maximum atomic E-state index is 7.33. The van der Waals surface area contributed by atoms with Crippen LogP contribution in [0.3, 0.4) is 0 Å². The topological polar surface area (TPSA) is 38.1 Å². The number of aryl methyl sites for hydroxylation is 1. The number of fused-ring (bicyclic) bond motifs is 14. The number of para-hydroxylation sites is 3. The van der Waals surface area contributed by atoms with E-state index in [9.17, 15) is 0 Å². The second-order valence-electron chi connectivity index (χ2n) is 25.2. The average molecular weight is 989 g/mol. The fraction of sp³-hybridized carbons (Fsp3) is 0.229. The Bertz CT molecular complexity index is 4170. The molecule has 0 amide bonds. The molecular formula is C70H61BN2O3. The van der Waals surface area contributed by atoms with Gasteiger partial charge in [-0.3, -0.25) is 0 Å². The number of ether oxygens (including phenoxy) is 2. The van der Waals surface area contributed by atoms with Gasteiger partial charge in [-0.1, -0.05) is 159 Å². The average Bonchev–Trinajstić information content (AvgIpc) is 4.03. The van der Waals surface area contributed by atoms with E-state index in [1.54, 1.807) is 0 Å². The van der Waals surface area contributed by atoms with Crippen LogP contribution in [-0.4, -0.2) is 6.85 Å². The minimum atomic E-state index is -0.355. The number of furan rings is 1. The standard InChI is InChI=1S/C70H61BN2O3/c1-40-32-51-52(69(7,8)31-30-68(51,5)6)37-55(40)72-57-39-63-62(74-60-26-18-19-27-61(60)75-63)38-53(57)71-65-58(72)36-47-44-23-15-17-25-59(44)76-66(47)64(65)48-34-50-46(43-22-14-16-24-49(43)70(50,9)10)35-56(48)73(71)54-29-28-42(67(2,3)4)33-45(54)41-20-12-11-13-21-41/h11-29,32-39H,30-31H2,1-10H3. The van der Waals surface area contributed by atoms with E-state index in [-0.39, 0.29) is 28.5 Å². The Balaban J connectivity index is 1.13. The van der Waals surface area contributed by atoms with E-state index in [2.05, 4.69) is 218 Å². The lowest BCUT2D eigenvalue weighted by atomic mass is 9.43. The highest BCUT2D eigenvalue weighted by Crippen LogP contribution is 2.59. The zero-order valence-corrected chi connectivity index (χ0v) is 45.2. The van der Waals surface area contributed by atoms with Crippen LogP contribution < -0.4 is 30.1 Å². The summed E-state index contributed by atoms with van der Waals surface area (Å²) in [4.78, 5) is 5.27. The van der Waals surface area contributed by atoms with Crippen molar-refractivity contribution in [3.05, 3.63) is 197 Å². The van der Waals surface area contributed by atoms with Crippen LogP contribution in [0.15, 0.2) is 168 Å². The van der Waals surface area contributed by atoms with E-state index in [1.165, 1.54) is 61.1 Å². The van der Waals surface area contributed by atoms with Gasteiger partial charge in [0.05, 0.1) is 0 Å². The third-order valence-electron chi connectivity index (χ3n) is 18.2. The molecule has 10 aromatic rings. The summed E-state index contributed by atoms with van der Waals surface area (Å²) in [5.41, 5.74) is 24.6. The third kappa shape index (κ3) is 6.27. The smallest absolute Gasteiger partial charge is 0.333 e. The molecule has 4 heterocycles. The Morgan fingerprint density at radius 3 is 1.91 bits per heavy atom. The molecule has 5 aliphatic rings. The minimum absolute atomic E-state index is 0.0251. The molecule has 0 bridgehead atoms. The van der Waals surface area contributed by atoms with Gasteiger partial charge in [0, 0.05) is 67.4 Å². The molecule has 9 aromatic carbocycles. The molecule has 0 fully saturated rings. The van der Waals surface area contributed by atoms with Gasteiger partial charge in [0.2, 0.25) is 0 Å². The highest BCUT2D eigenvalue weighted by molar-refractivity contribution is 6.94. The monoisotopic (exact) mass is 988 g/mol. The van der Waals surface area contributed by atoms with Gasteiger partial charge >= 0.3 is 6.85 Å². The summed E-state index contributed by atoms with van der Waals surface area (Å²) in [7, 11) is 0. The molecule has 15 rings (SSSR count). The van der Waals surface area contributed by atoms with Crippen molar-refractivity contribution >= 4 is 68.1 Å². The first-order valence-electron chi connectivity index (χ1n) is 27.3. The maximum absolute atomic E-state index is 7.33. The molecular weight excluding hydrogens is 928 g/mol. The predicted octanol–water partition coefficient (Wildman–Crippen LogP) is 18.1. The Kier molecular flexibility index (Phi) is 9.18. The molecule has 2 aliphatic carbocycles. The predicted molar refractivity (Wildman–Crippen MR) is 316 cm³/mol. The molecule has 1 aromatic heterocycles. The molecule has 0 saturated heterocycles. The highest BCUT2D eigenvalue weighted by Gasteiger charge is 2.50. The number of hydrogen-bond acceptors (Lipinski definition) is 5. The van der Waals surface area contributed by atoms with Crippen molar-refractivity contribution in [2.75, 3.05) is 9.71 Å². The largest absolute Gasteiger partial charge is 0.455 e. The SMILES string of the molecule is Cc1cc2c(cc1N1c3cc4c(cc3B3c5c1cc1c(oc6ccccc61)c5-c1cc5c(cc1N3c1ccc(C(C)(C)C)cc1-c1ccccc1)-c1ccccc1C5(C)C)Oc1ccccc1O4)C(C)(C)CCC2(C)C. The molecule has 0 unspecified atom stereocenters. The summed E-state index contributed by atoms with van der Waals surface area (Å²) in [5.74, 6) is 2.79. The molecule has 0 atom stereocenters. The van der Waals surface area contributed by atoms with Gasteiger partial charge < -0.3 is 23.6 Å². The Morgan fingerprint density at radius 2 is 1.16 bits per heavy atom. The Labute approximate surface area is 446 Å². The van der Waals surface area contributed by atoms with Gasteiger partial charge in [-0.25, -0.2) is 0 Å². The van der Waals surface area contributed by atoms with Crippen LogP contribution in [0.1, 0.15) is 109 Å². The lowest BCUT2D eigenvalue weighted by Crippen LogP contribution is -2.61. The lowest BCUT2D eigenvalue weighted by molar-refractivity contribution is 0.332. The molecule has 3 aliphatic heterocycles. The fourth-order valence-electron chi connectivity index (χ4n) is 14.0. The van der Waals surface area contributed by atoms with Crippen molar-refractivity contribution < 1.29 is 13.9 Å². The summed E-state index contributed by atoms with van der Waals surface area (Å²) >= 11 is 0. The van der Waals surface area contributed by atoms with Crippen molar-refractivity contribution in [3.8, 4) is 56.4 Å². The highest BCUT2D eigenvalue weighted by atomic mass is 16.6. The normalized spacial score (nSPS) is 16.6. The Hall–Kier alpha value is -7.96. The zero-order valence-electron chi connectivity index (χ0n) is 45.2. The number of nitrogens with zero attached hydrogens (tertiary/aromatic N) is 2. The molecule has 76 heavy (non-hydrogen) atoms. The van der Waals surface area contributed by atoms with Crippen LogP contribution in [-0.2, 0) is 21.7 Å². The fourth-order valence-corrected chi connectivity index (χ4v) is 14.0. The summed E-state index contributed by atoms with van der Waals surface area (Å²) in [6.07, 6.45) is 2.26. The van der Waals surface area contributed by atoms with Gasteiger partial charge in [0.25, 0.3) is 0 Å². The molecule has 0 radical (unpaired) electrons. The van der Waals surface area contributed by atoms with Crippen LogP contribution in [0, 0.1) is 6.92 Å². The summed E-state index contributed by atoms with van der Waals surface area (Å²) in [6.45, 7) is 23.4. The van der Waals surface area contributed by atoms with Crippen molar-refractivity contribution in [2.45, 2.75) is 104 Å². The number of benzene rings is 9. The van der Waals surface area contributed by atoms with E-state index in [0.29, 0.717) is 23.0 Å². The van der Waals surface area contributed by atoms with Crippen molar-refractivity contribution in [3.63, 3.8) is 0 Å². The van der Waals surface area contributed by atoms with Crippen molar-refractivity contribution in [1.29, 1.82) is 0 Å². The summed E-state index contributed by atoms with van der Waals surface area (Å²) in [6, 6.07) is 61.0. The van der Waals surface area contributed by atoms with Gasteiger partial charge in [0.15, 0.2) is 23.0 Å². The van der Waals surface area contributed by atoms with Gasteiger partial charge in [-0.05, 0) is 158 Å². The van der Waals surface area contributed by atoms with Crippen molar-refractivity contribution in [2.24, 2.45) is 0 Å². The number of anilines is 5. The molecule has 5 nitrogen and oxygen atoms in total. The maximum Gasteiger partial charge on any atom is 0.333 e. The molecule has 0 spiro atoms. The number of hydrogen-bond donors (Lipinski definition) is 0. The van der Waals surface area contributed by atoms with Crippen LogP contribution in [0.5, 0.6) is 23.0 Å². The third-order valence-corrected chi connectivity index (χ3v) is 18.2. The molecule has 0 N–H and O–H groups in total. The second-order valence-corrected chi connectivity index (χ2v) is 25.2. The molecule has 6 heteroatoms. The van der Waals surface area contributed by atoms with E-state index in [1.807, 2.05) is 24.3 Å². The first kappa shape index (κ1) is 45.4. The lowest BCUT2D eigenvalue weighted by Gasteiger charge is -2.47. The van der Waals surface area contributed by atoms with Crippen LogP contribution >= 0.6 is 0 Å². The van der Waals surface area contributed by atoms with Gasteiger partial charge in [-0.15, -0.1) is 0 Å². The van der Waals surface area contributed by atoms with E-state index < -0.39 is 0 Å². The summed E-state index contributed by atoms with van der Waals surface area (Å²) < 4.78 is 21.2. The van der Waals surface area contributed by atoms with Gasteiger partial charge in [-0.2, -0.15) is 0 Å². The molecule has 0 saturated carbocycles. The molecule has 372 valence electrons. The van der Waals surface area contributed by atoms with E-state index >= 15 is 0 Å². The second kappa shape index (κ2) is 15.3.